The highest BCUT2D eigenvalue weighted by Gasteiger charge is 2.20. The molecule has 0 aliphatic carbocycles. The Kier molecular flexibility index (Phi) is 4.35. The smallest absolute Gasteiger partial charge is 0.167 e. The van der Waals surface area contributed by atoms with Crippen LogP contribution in [-0.4, -0.2) is 24.9 Å². The van der Waals surface area contributed by atoms with E-state index in [9.17, 15) is 0 Å². The van der Waals surface area contributed by atoms with Gasteiger partial charge in [-0.25, -0.2) is 24.9 Å². The van der Waals surface area contributed by atoms with E-state index in [2.05, 4.69) is 9.97 Å². The molecule has 4 aromatic carbocycles. The molecule has 0 amide bonds. The Hall–Kier alpha value is -4.97. The summed E-state index contributed by atoms with van der Waals surface area (Å²) in [7, 11) is 0. The van der Waals surface area contributed by atoms with Crippen LogP contribution in [0, 0.1) is 0 Å². The predicted molar refractivity (Wildman–Crippen MR) is 137 cm³/mol. The highest BCUT2D eigenvalue weighted by Crippen LogP contribution is 2.39. The first-order chi connectivity index (χ1) is 17.3. The molecule has 0 radical (unpaired) electrons. The minimum Gasteiger partial charge on any atom is -0.455 e. The van der Waals surface area contributed by atoms with E-state index < -0.39 is 0 Å². The molecule has 0 spiro atoms. The molecule has 0 saturated heterocycles. The van der Waals surface area contributed by atoms with E-state index in [1.807, 2.05) is 97.2 Å². The molecule has 0 fully saturated rings. The molecule has 0 aliphatic heterocycles. The van der Waals surface area contributed by atoms with Crippen molar-refractivity contribution in [1.82, 2.24) is 24.9 Å². The van der Waals surface area contributed by atoms with E-state index in [0.29, 0.717) is 23.1 Å². The summed E-state index contributed by atoms with van der Waals surface area (Å²) in [6, 6.07) is 29.8. The van der Waals surface area contributed by atoms with E-state index in [-0.39, 0.29) is 0 Å². The zero-order valence-corrected chi connectivity index (χ0v) is 18.5. The van der Waals surface area contributed by atoms with Crippen molar-refractivity contribution in [3.63, 3.8) is 0 Å². The third-order valence-corrected chi connectivity index (χ3v) is 6.06. The number of aromatic nitrogens is 5. The first-order valence-corrected chi connectivity index (χ1v) is 11.3. The van der Waals surface area contributed by atoms with Crippen LogP contribution in [0.4, 0.5) is 0 Å². The van der Waals surface area contributed by atoms with Crippen molar-refractivity contribution >= 4 is 32.8 Å². The van der Waals surface area contributed by atoms with Gasteiger partial charge in [-0.3, -0.25) is 0 Å². The average molecular weight is 451 g/mol. The van der Waals surface area contributed by atoms with Gasteiger partial charge >= 0.3 is 0 Å². The van der Waals surface area contributed by atoms with Crippen molar-refractivity contribution in [2.24, 2.45) is 0 Å². The fraction of sp³-hybridized carbons (Fsp3) is 0. The van der Waals surface area contributed by atoms with Crippen LogP contribution in [0.3, 0.4) is 0 Å². The third-order valence-electron chi connectivity index (χ3n) is 6.06. The lowest BCUT2D eigenvalue weighted by Crippen LogP contribution is -2.00. The van der Waals surface area contributed by atoms with Crippen LogP contribution >= 0.6 is 0 Å². The largest absolute Gasteiger partial charge is 0.455 e. The number of rotatable bonds is 3. The van der Waals surface area contributed by atoms with Crippen molar-refractivity contribution in [3.8, 4) is 34.2 Å². The van der Waals surface area contributed by atoms with Gasteiger partial charge < -0.3 is 4.42 Å². The summed E-state index contributed by atoms with van der Waals surface area (Å²) in [6.45, 7) is 0. The highest BCUT2D eigenvalue weighted by molar-refractivity contribution is 6.20. The van der Waals surface area contributed by atoms with E-state index in [1.165, 1.54) is 0 Å². The van der Waals surface area contributed by atoms with E-state index in [0.717, 1.165) is 43.9 Å². The van der Waals surface area contributed by atoms with Crippen molar-refractivity contribution in [3.05, 3.63) is 104 Å². The van der Waals surface area contributed by atoms with E-state index >= 15 is 0 Å². The molecule has 6 heteroatoms. The molecule has 0 bridgehead atoms. The number of hydrogen-bond donors (Lipinski definition) is 0. The lowest BCUT2D eigenvalue weighted by molar-refractivity contribution is 0.669. The number of nitrogens with zero attached hydrogens (tertiary/aromatic N) is 5. The number of furan rings is 1. The van der Waals surface area contributed by atoms with Crippen LogP contribution in [-0.2, 0) is 0 Å². The summed E-state index contributed by atoms with van der Waals surface area (Å²) < 4.78 is 6.38. The molecule has 7 aromatic rings. The Morgan fingerprint density at radius 3 is 1.97 bits per heavy atom. The maximum Gasteiger partial charge on any atom is 0.167 e. The van der Waals surface area contributed by atoms with Gasteiger partial charge in [-0.2, -0.15) is 0 Å². The Bertz CT molecular complexity index is 1790. The summed E-state index contributed by atoms with van der Waals surface area (Å²) in [4.78, 5) is 23.4. The topological polar surface area (TPSA) is 77.6 Å². The molecule has 7 rings (SSSR count). The van der Waals surface area contributed by atoms with E-state index in [1.54, 1.807) is 6.33 Å². The van der Waals surface area contributed by atoms with Crippen LogP contribution in [0.5, 0.6) is 0 Å². The lowest BCUT2D eigenvalue weighted by atomic mass is 10.0. The Balaban J connectivity index is 1.58. The summed E-state index contributed by atoms with van der Waals surface area (Å²) in [5.74, 6) is 1.73. The molecule has 0 unspecified atom stereocenters. The molecule has 3 aromatic heterocycles. The standard InChI is InChI=1S/C29H17N5O/c1-3-9-18(10-4-1)27-32-28(19-11-5-2-6-12-19)34-29(33-27)22-15-20-16-30-17-31-25(20)24-21-13-7-8-14-23(21)35-26(22)24/h1-17H. The molecule has 164 valence electrons. The molecule has 0 aliphatic rings. The Labute approximate surface area is 200 Å². The fourth-order valence-electron chi connectivity index (χ4n) is 4.44. The van der Waals surface area contributed by atoms with Crippen molar-refractivity contribution in [2.75, 3.05) is 0 Å². The van der Waals surface area contributed by atoms with E-state index in [4.69, 9.17) is 19.4 Å². The first-order valence-electron chi connectivity index (χ1n) is 11.3. The Morgan fingerprint density at radius 1 is 0.629 bits per heavy atom. The number of fused-ring (bicyclic) bond motifs is 5. The number of benzene rings is 4. The van der Waals surface area contributed by atoms with Crippen LogP contribution in [0.1, 0.15) is 0 Å². The molecule has 0 saturated carbocycles. The monoisotopic (exact) mass is 451 g/mol. The number of hydrogen-bond acceptors (Lipinski definition) is 6. The van der Waals surface area contributed by atoms with Crippen molar-refractivity contribution in [2.45, 2.75) is 0 Å². The second-order valence-corrected chi connectivity index (χ2v) is 8.23. The fourth-order valence-corrected chi connectivity index (χ4v) is 4.44. The molecular weight excluding hydrogens is 434 g/mol. The van der Waals surface area contributed by atoms with Crippen molar-refractivity contribution in [1.29, 1.82) is 0 Å². The lowest BCUT2D eigenvalue weighted by Gasteiger charge is -2.09. The number of para-hydroxylation sites is 1. The van der Waals surface area contributed by atoms with Gasteiger partial charge in [0.25, 0.3) is 0 Å². The van der Waals surface area contributed by atoms with Gasteiger partial charge in [-0.1, -0.05) is 78.9 Å². The van der Waals surface area contributed by atoms with Gasteiger partial charge in [0, 0.05) is 28.1 Å². The van der Waals surface area contributed by atoms with Gasteiger partial charge in [-0.05, 0) is 12.1 Å². The SMILES string of the molecule is c1ccc(-c2nc(-c3ccccc3)nc(-c3cc4cncnc4c4c3oc3ccccc34)n2)cc1. The summed E-state index contributed by atoms with van der Waals surface area (Å²) >= 11 is 0. The minimum atomic E-state index is 0.535. The zero-order valence-electron chi connectivity index (χ0n) is 18.5. The van der Waals surface area contributed by atoms with Gasteiger partial charge in [-0.15, -0.1) is 0 Å². The van der Waals surface area contributed by atoms with Gasteiger partial charge in [0.2, 0.25) is 0 Å². The van der Waals surface area contributed by atoms with Gasteiger partial charge in [0.1, 0.15) is 17.5 Å². The van der Waals surface area contributed by atoms with Crippen LogP contribution < -0.4 is 0 Å². The van der Waals surface area contributed by atoms with Gasteiger partial charge in [0.05, 0.1) is 16.5 Å². The zero-order chi connectivity index (χ0) is 23.2. The maximum absolute atomic E-state index is 6.38. The first kappa shape index (κ1) is 19.5. The predicted octanol–water partition coefficient (Wildman–Crippen LogP) is 6.72. The third kappa shape index (κ3) is 3.23. The normalized spacial score (nSPS) is 11.4. The molecular formula is C29H17N5O. The van der Waals surface area contributed by atoms with Crippen molar-refractivity contribution < 1.29 is 4.42 Å². The second kappa shape index (κ2) is 7.81. The van der Waals surface area contributed by atoms with Gasteiger partial charge in [0.15, 0.2) is 17.5 Å². The molecule has 0 atom stereocenters. The summed E-state index contributed by atoms with van der Waals surface area (Å²) in [5.41, 5.74) is 4.92. The quantitative estimate of drug-likeness (QED) is 0.297. The highest BCUT2D eigenvalue weighted by atomic mass is 16.3. The summed E-state index contributed by atoms with van der Waals surface area (Å²) in [5, 5.41) is 2.82. The molecule has 3 heterocycles. The molecule has 0 N–H and O–H groups in total. The van der Waals surface area contributed by atoms with Crippen LogP contribution in [0.15, 0.2) is 108 Å². The molecule has 6 nitrogen and oxygen atoms in total. The Morgan fingerprint density at radius 2 is 1.26 bits per heavy atom. The van der Waals surface area contributed by atoms with Crippen LogP contribution in [0.25, 0.3) is 67.0 Å². The average Bonchev–Trinajstić information content (AvgIpc) is 3.33. The maximum atomic E-state index is 6.38. The summed E-state index contributed by atoms with van der Waals surface area (Å²) in [6.07, 6.45) is 3.37. The molecule has 35 heavy (non-hydrogen) atoms. The second-order valence-electron chi connectivity index (χ2n) is 8.23. The minimum absolute atomic E-state index is 0.535. The van der Waals surface area contributed by atoms with Crippen LogP contribution in [0.2, 0.25) is 0 Å².